The van der Waals surface area contributed by atoms with E-state index in [0.29, 0.717) is 0 Å². The van der Waals surface area contributed by atoms with Crippen molar-refractivity contribution in [2.45, 2.75) is 26.9 Å². The molecule has 4 nitrogen and oxygen atoms in total. The average Bonchev–Trinajstić information content (AvgIpc) is 1.83. The smallest absolute Gasteiger partial charge is 0.481 e. The van der Waals surface area contributed by atoms with Crippen molar-refractivity contribution in [3.8, 4) is 0 Å². The summed E-state index contributed by atoms with van der Waals surface area (Å²) in [5.74, 6) is -3.51. The third-order valence-corrected chi connectivity index (χ3v) is 0.884. The second-order valence-corrected chi connectivity index (χ2v) is 3.36. The average molecular weight is 216 g/mol. The first-order chi connectivity index (χ1) is 5.89. The second kappa shape index (κ2) is 4.83. The SMILES string of the molecule is CC(C)(C)C(=O)O.O=C(O)C(F)(F)F. The van der Waals surface area contributed by atoms with Crippen LogP contribution in [0.3, 0.4) is 0 Å². The Balaban J connectivity index is 0. The summed E-state index contributed by atoms with van der Waals surface area (Å²) < 4.78 is 31.7. The molecule has 0 bridgehead atoms. The molecular weight excluding hydrogens is 205 g/mol. The van der Waals surface area contributed by atoms with Gasteiger partial charge in [0.1, 0.15) is 0 Å². The first-order valence-electron chi connectivity index (χ1n) is 3.42. The van der Waals surface area contributed by atoms with Crippen LogP contribution in [0.15, 0.2) is 0 Å². The minimum Gasteiger partial charge on any atom is -0.481 e. The summed E-state index contributed by atoms with van der Waals surface area (Å²) in [4.78, 5) is 18.9. The lowest BCUT2D eigenvalue weighted by molar-refractivity contribution is -0.192. The molecule has 0 heterocycles. The lowest BCUT2D eigenvalue weighted by atomic mass is 9.98. The topological polar surface area (TPSA) is 74.6 Å². The van der Waals surface area contributed by atoms with E-state index in [1.165, 1.54) is 0 Å². The monoisotopic (exact) mass is 216 g/mol. The number of carboxylic acid groups (broad SMARTS) is 2. The standard InChI is InChI=1S/C5H10O2.C2HF3O2/c1-5(2,3)4(6)7;3-2(4,5)1(6)7/h1-3H3,(H,6,7);(H,6,7). The molecule has 0 unspecified atom stereocenters. The van der Waals surface area contributed by atoms with E-state index in [1.54, 1.807) is 20.8 Å². The molecule has 0 aliphatic carbocycles. The molecule has 0 rings (SSSR count). The molecule has 0 atom stereocenters. The quantitative estimate of drug-likeness (QED) is 0.646. The third kappa shape index (κ3) is 8.82. The molecule has 0 radical (unpaired) electrons. The number of carboxylic acids is 2. The van der Waals surface area contributed by atoms with Gasteiger partial charge in [-0.1, -0.05) is 0 Å². The highest BCUT2D eigenvalue weighted by atomic mass is 19.4. The van der Waals surface area contributed by atoms with Crippen molar-refractivity contribution in [2.24, 2.45) is 5.41 Å². The zero-order chi connectivity index (χ0) is 12.2. The Morgan fingerprint density at radius 3 is 1.07 bits per heavy atom. The van der Waals surface area contributed by atoms with Crippen LogP contribution in [-0.2, 0) is 9.59 Å². The third-order valence-electron chi connectivity index (χ3n) is 0.884. The summed E-state index contributed by atoms with van der Waals surface area (Å²) in [5, 5.41) is 15.4. The van der Waals surface area contributed by atoms with Crippen LogP contribution in [-0.4, -0.2) is 28.3 Å². The fraction of sp³-hybridized carbons (Fsp3) is 0.714. The van der Waals surface area contributed by atoms with E-state index in [-0.39, 0.29) is 0 Å². The van der Waals surface area contributed by atoms with Crippen molar-refractivity contribution in [3.63, 3.8) is 0 Å². The maximum absolute atomic E-state index is 10.6. The van der Waals surface area contributed by atoms with Crippen molar-refractivity contribution < 1.29 is 33.0 Å². The number of hydrogen-bond acceptors (Lipinski definition) is 2. The van der Waals surface area contributed by atoms with Crippen molar-refractivity contribution >= 4 is 11.9 Å². The van der Waals surface area contributed by atoms with Gasteiger partial charge in [-0.05, 0) is 20.8 Å². The highest BCUT2D eigenvalue weighted by molar-refractivity contribution is 5.73. The van der Waals surface area contributed by atoms with Crippen LogP contribution in [0, 0.1) is 5.41 Å². The molecular formula is C7H11F3O4. The Labute approximate surface area is 78.3 Å². The second-order valence-electron chi connectivity index (χ2n) is 3.36. The Bertz CT molecular complexity index is 190. The van der Waals surface area contributed by atoms with Crippen molar-refractivity contribution in [1.82, 2.24) is 0 Å². The highest BCUT2D eigenvalue weighted by Gasteiger charge is 2.38. The van der Waals surface area contributed by atoms with E-state index in [1.807, 2.05) is 0 Å². The Morgan fingerprint density at radius 1 is 0.929 bits per heavy atom. The van der Waals surface area contributed by atoms with Crippen LogP contribution in [0.25, 0.3) is 0 Å². The molecule has 0 saturated carbocycles. The van der Waals surface area contributed by atoms with Gasteiger partial charge in [0, 0.05) is 0 Å². The van der Waals surface area contributed by atoms with Gasteiger partial charge < -0.3 is 10.2 Å². The first kappa shape index (κ1) is 15.2. The van der Waals surface area contributed by atoms with E-state index < -0.39 is 23.5 Å². The molecule has 14 heavy (non-hydrogen) atoms. The summed E-state index contributed by atoms with van der Waals surface area (Å²) in [6, 6.07) is 0. The number of hydrogen-bond donors (Lipinski definition) is 2. The molecule has 0 aromatic rings. The maximum atomic E-state index is 10.6. The summed E-state index contributed by atoms with van der Waals surface area (Å²) in [6.07, 6.45) is -5.08. The maximum Gasteiger partial charge on any atom is 0.490 e. The molecule has 84 valence electrons. The van der Waals surface area contributed by atoms with Crippen LogP contribution in [0.4, 0.5) is 13.2 Å². The van der Waals surface area contributed by atoms with Crippen LogP contribution in [0.2, 0.25) is 0 Å². The molecule has 0 saturated heterocycles. The fourth-order valence-corrected chi connectivity index (χ4v) is 0. The first-order valence-corrected chi connectivity index (χ1v) is 3.42. The van der Waals surface area contributed by atoms with Gasteiger partial charge in [0.2, 0.25) is 0 Å². The number of rotatable bonds is 0. The Morgan fingerprint density at radius 2 is 1.07 bits per heavy atom. The van der Waals surface area contributed by atoms with Gasteiger partial charge in [-0.3, -0.25) is 4.79 Å². The molecule has 2 N–H and O–H groups in total. The van der Waals surface area contributed by atoms with Gasteiger partial charge in [0.15, 0.2) is 0 Å². The van der Waals surface area contributed by atoms with Crippen molar-refractivity contribution in [1.29, 1.82) is 0 Å². The van der Waals surface area contributed by atoms with Crippen LogP contribution in [0.5, 0.6) is 0 Å². The molecule has 0 aromatic heterocycles. The van der Waals surface area contributed by atoms with Crippen molar-refractivity contribution in [2.75, 3.05) is 0 Å². The van der Waals surface area contributed by atoms with Gasteiger partial charge in [-0.2, -0.15) is 13.2 Å². The summed E-state index contributed by atoms with van der Waals surface area (Å²) >= 11 is 0. The number of alkyl halides is 3. The Kier molecular flexibility index (Phi) is 5.24. The molecule has 0 aliphatic rings. The van der Waals surface area contributed by atoms with Gasteiger partial charge in [-0.15, -0.1) is 0 Å². The highest BCUT2D eigenvalue weighted by Crippen LogP contribution is 2.13. The number of aliphatic carboxylic acids is 2. The zero-order valence-electron chi connectivity index (χ0n) is 7.84. The zero-order valence-corrected chi connectivity index (χ0v) is 7.84. The summed E-state index contributed by atoms with van der Waals surface area (Å²) in [7, 11) is 0. The summed E-state index contributed by atoms with van der Waals surface area (Å²) in [6.45, 7) is 4.99. The van der Waals surface area contributed by atoms with Crippen LogP contribution < -0.4 is 0 Å². The van der Waals surface area contributed by atoms with Gasteiger partial charge in [0.25, 0.3) is 0 Å². The molecule has 0 amide bonds. The molecule has 0 fully saturated rings. The van der Waals surface area contributed by atoms with Crippen LogP contribution >= 0.6 is 0 Å². The summed E-state index contributed by atoms with van der Waals surface area (Å²) in [5.41, 5.74) is -0.583. The van der Waals surface area contributed by atoms with Crippen molar-refractivity contribution in [3.05, 3.63) is 0 Å². The molecule has 0 spiro atoms. The largest absolute Gasteiger partial charge is 0.490 e. The predicted octanol–water partition coefficient (Wildman–Crippen LogP) is 1.75. The lowest BCUT2D eigenvalue weighted by Crippen LogP contribution is -2.21. The van der Waals surface area contributed by atoms with Gasteiger partial charge in [0.05, 0.1) is 5.41 Å². The van der Waals surface area contributed by atoms with Gasteiger partial charge >= 0.3 is 18.1 Å². The van der Waals surface area contributed by atoms with E-state index in [9.17, 15) is 18.0 Å². The van der Waals surface area contributed by atoms with E-state index in [2.05, 4.69) is 0 Å². The minimum absolute atomic E-state index is 0.583. The number of halogens is 3. The van der Waals surface area contributed by atoms with E-state index >= 15 is 0 Å². The van der Waals surface area contributed by atoms with Gasteiger partial charge in [-0.25, -0.2) is 4.79 Å². The fourth-order valence-electron chi connectivity index (χ4n) is 0. The predicted molar refractivity (Wildman–Crippen MR) is 40.8 cm³/mol. The molecule has 7 heteroatoms. The molecule has 0 aliphatic heterocycles. The Hall–Kier alpha value is -1.27. The number of carbonyl (C=O) groups is 2. The van der Waals surface area contributed by atoms with E-state index in [0.717, 1.165) is 0 Å². The molecule has 0 aromatic carbocycles. The minimum atomic E-state index is -5.08. The lowest BCUT2D eigenvalue weighted by Gasteiger charge is -2.08. The van der Waals surface area contributed by atoms with E-state index in [4.69, 9.17) is 15.0 Å². The van der Waals surface area contributed by atoms with Crippen LogP contribution in [0.1, 0.15) is 20.8 Å². The normalized spacial score (nSPS) is 11.3.